The summed E-state index contributed by atoms with van der Waals surface area (Å²) in [6.45, 7) is 4.89. The average molecular weight is 371 g/mol. The minimum atomic E-state index is 0.0677. The number of halogens is 2. The normalized spacial score (nSPS) is 13.0. The van der Waals surface area contributed by atoms with Gasteiger partial charge in [-0.1, -0.05) is 29.3 Å². The predicted molar refractivity (Wildman–Crippen MR) is 99.9 cm³/mol. The maximum absolute atomic E-state index is 6.07. The van der Waals surface area contributed by atoms with Crippen molar-refractivity contribution in [3.8, 4) is 0 Å². The lowest BCUT2D eigenvalue weighted by molar-refractivity contribution is 0.684. The van der Waals surface area contributed by atoms with Gasteiger partial charge in [0.2, 0.25) is 0 Å². The molecular formula is C16H20Cl2N4S. The fraction of sp³-hybridized carbons (Fsp3) is 0.375. The molecule has 0 fully saturated rings. The van der Waals surface area contributed by atoms with E-state index < -0.39 is 0 Å². The number of aromatic nitrogens is 1. The smallest absolute Gasteiger partial charge is 0.191 e. The van der Waals surface area contributed by atoms with E-state index >= 15 is 0 Å². The van der Waals surface area contributed by atoms with Crippen LogP contribution >= 0.6 is 34.5 Å². The van der Waals surface area contributed by atoms with Crippen molar-refractivity contribution < 1.29 is 0 Å². The van der Waals surface area contributed by atoms with Crippen LogP contribution in [0.5, 0.6) is 0 Å². The fourth-order valence-electron chi connectivity index (χ4n) is 2.07. The van der Waals surface area contributed by atoms with Crippen molar-refractivity contribution in [2.24, 2.45) is 4.99 Å². The van der Waals surface area contributed by atoms with Crippen LogP contribution in [0, 0.1) is 6.92 Å². The zero-order valence-electron chi connectivity index (χ0n) is 13.4. The molecule has 1 atom stereocenters. The van der Waals surface area contributed by atoms with E-state index in [1.807, 2.05) is 18.3 Å². The number of aryl methyl sites for hydroxylation is 1. The summed E-state index contributed by atoms with van der Waals surface area (Å²) in [5.41, 5.74) is 1.05. The van der Waals surface area contributed by atoms with Crippen LogP contribution in [0.25, 0.3) is 0 Å². The van der Waals surface area contributed by atoms with Gasteiger partial charge < -0.3 is 10.6 Å². The van der Waals surface area contributed by atoms with Crippen molar-refractivity contribution in [3.63, 3.8) is 0 Å². The second kappa shape index (κ2) is 8.52. The lowest BCUT2D eigenvalue weighted by atomic mass is 10.1. The molecule has 1 unspecified atom stereocenters. The van der Waals surface area contributed by atoms with E-state index in [1.54, 1.807) is 24.5 Å². The standard InChI is InChI=1S/C16H20Cl2N4S/c1-10-9-21-15(23-10)6-7-20-16(19-3)22-11(2)12-4-5-13(17)14(18)8-12/h4-5,8-9,11H,6-7H2,1-3H3,(H2,19,20,22). The number of rotatable bonds is 5. The van der Waals surface area contributed by atoms with Crippen LogP contribution in [0.15, 0.2) is 29.4 Å². The highest BCUT2D eigenvalue weighted by Crippen LogP contribution is 2.25. The van der Waals surface area contributed by atoms with Gasteiger partial charge in [-0.3, -0.25) is 4.99 Å². The van der Waals surface area contributed by atoms with E-state index in [0.29, 0.717) is 10.0 Å². The number of thiazole rings is 1. The molecule has 2 N–H and O–H groups in total. The summed E-state index contributed by atoms with van der Waals surface area (Å²) < 4.78 is 0. The summed E-state index contributed by atoms with van der Waals surface area (Å²) >= 11 is 13.7. The molecule has 0 aliphatic heterocycles. The number of hydrogen-bond acceptors (Lipinski definition) is 3. The SMILES string of the molecule is CN=C(NCCc1ncc(C)s1)NC(C)c1ccc(Cl)c(Cl)c1. The van der Waals surface area contributed by atoms with Crippen molar-refractivity contribution in [2.75, 3.05) is 13.6 Å². The Morgan fingerprint density at radius 3 is 2.74 bits per heavy atom. The van der Waals surface area contributed by atoms with Crippen molar-refractivity contribution in [2.45, 2.75) is 26.3 Å². The minimum absolute atomic E-state index is 0.0677. The van der Waals surface area contributed by atoms with Crippen molar-refractivity contribution >= 4 is 40.5 Å². The molecule has 1 aromatic heterocycles. The van der Waals surface area contributed by atoms with E-state index in [0.717, 1.165) is 29.5 Å². The highest BCUT2D eigenvalue weighted by atomic mass is 35.5. The number of aliphatic imine (C=N–C) groups is 1. The molecule has 4 nitrogen and oxygen atoms in total. The molecule has 2 aromatic rings. The summed E-state index contributed by atoms with van der Waals surface area (Å²) in [5, 5.41) is 8.88. The Morgan fingerprint density at radius 1 is 1.35 bits per heavy atom. The fourth-order valence-corrected chi connectivity index (χ4v) is 3.16. The Hall–Kier alpha value is -1.30. The predicted octanol–water partition coefficient (Wildman–Crippen LogP) is 4.23. The van der Waals surface area contributed by atoms with Crippen LogP contribution in [0.3, 0.4) is 0 Å². The third kappa shape index (κ3) is 5.37. The molecule has 1 aromatic carbocycles. The second-order valence-corrected chi connectivity index (χ2v) is 7.29. The first-order chi connectivity index (χ1) is 11.0. The minimum Gasteiger partial charge on any atom is -0.356 e. The van der Waals surface area contributed by atoms with Gasteiger partial charge in [0.25, 0.3) is 0 Å². The van der Waals surface area contributed by atoms with E-state index in [1.165, 1.54) is 4.88 Å². The summed E-state index contributed by atoms with van der Waals surface area (Å²) in [4.78, 5) is 9.84. The van der Waals surface area contributed by atoms with Gasteiger partial charge in [0.1, 0.15) is 0 Å². The molecule has 0 radical (unpaired) electrons. The second-order valence-electron chi connectivity index (χ2n) is 5.15. The largest absolute Gasteiger partial charge is 0.356 e. The maximum atomic E-state index is 6.07. The van der Waals surface area contributed by atoms with Gasteiger partial charge in [-0.25, -0.2) is 4.98 Å². The highest BCUT2D eigenvalue weighted by Gasteiger charge is 2.09. The monoisotopic (exact) mass is 370 g/mol. The first kappa shape index (κ1) is 18.0. The van der Waals surface area contributed by atoms with Crippen LogP contribution in [-0.4, -0.2) is 24.5 Å². The van der Waals surface area contributed by atoms with Crippen molar-refractivity contribution in [1.29, 1.82) is 0 Å². The molecule has 0 saturated carbocycles. The summed E-state index contributed by atoms with van der Waals surface area (Å²) in [6.07, 6.45) is 2.78. The Bertz CT molecular complexity index is 684. The molecule has 0 aliphatic rings. The summed E-state index contributed by atoms with van der Waals surface area (Å²) in [6, 6.07) is 5.70. The van der Waals surface area contributed by atoms with E-state index in [9.17, 15) is 0 Å². The van der Waals surface area contributed by atoms with Gasteiger partial charge in [0.15, 0.2) is 5.96 Å². The molecule has 0 bridgehead atoms. The molecule has 0 saturated heterocycles. The van der Waals surface area contributed by atoms with Gasteiger partial charge in [-0.15, -0.1) is 11.3 Å². The zero-order valence-corrected chi connectivity index (χ0v) is 15.7. The molecule has 0 aliphatic carbocycles. The van der Waals surface area contributed by atoms with Gasteiger partial charge >= 0.3 is 0 Å². The van der Waals surface area contributed by atoms with Crippen molar-refractivity contribution in [3.05, 3.63) is 49.9 Å². The van der Waals surface area contributed by atoms with Gasteiger partial charge in [0, 0.05) is 31.1 Å². The molecule has 0 amide bonds. The molecule has 7 heteroatoms. The average Bonchev–Trinajstić information content (AvgIpc) is 2.94. The molecule has 0 spiro atoms. The quantitative estimate of drug-likeness (QED) is 0.611. The first-order valence-corrected chi connectivity index (χ1v) is 8.90. The van der Waals surface area contributed by atoms with E-state index in [2.05, 4.69) is 34.5 Å². The van der Waals surface area contributed by atoms with Crippen molar-refractivity contribution in [1.82, 2.24) is 15.6 Å². The maximum Gasteiger partial charge on any atom is 0.191 e. The molecule has 124 valence electrons. The van der Waals surface area contributed by atoms with Crippen LogP contribution in [0.1, 0.15) is 28.4 Å². The Morgan fingerprint density at radius 2 is 2.13 bits per heavy atom. The lowest BCUT2D eigenvalue weighted by Crippen LogP contribution is -2.39. The molecule has 2 rings (SSSR count). The number of benzene rings is 1. The van der Waals surface area contributed by atoms with E-state index in [4.69, 9.17) is 23.2 Å². The third-order valence-electron chi connectivity index (χ3n) is 3.32. The molecule has 23 heavy (non-hydrogen) atoms. The third-order valence-corrected chi connectivity index (χ3v) is 5.03. The lowest BCUT2D eigenvalue weighted by Gasteiger charge is -2.18. The Balaban J connectivity index is 1.87. The highest BCUT2D eigenvalue weighted by molar-refractivity contribution is 7.11. The molecular weight excluding hydrogens is 351 g/mol. The topological polar surface area (TPSA) is 49.3 Å². The Kier molecular flexibility index (Phi) is 6.69. The Labute approximate surface area is 151 Å². The van der Waals surface area contributed by atoms with Crippen LogP contribution in [-0.2, 0) is 6.42 Å². The number of nitrogens with one attached hydrogen (secondary N) is 2. The number of guanidine groups is 1. The summed E-state index contributed by atoms with van der Waals surface area (Å²) in [7, 11) is 1.75. The summed E-state index contributed by atoms with van der Waals surface area (Å²) in [5.74, 6) is 0.747. The van der Waals surface area contributed by atoms with Gasteiger partial charge in [-0.05, 0) is 31.5 Å². The van der Waals surface area contributed by atoms with Crippen LogP contribution < -0.4 is 10.6 Å². The van der Waals surface area contributed by atoms with Gasteiger partial charge in [0.05, 0.1) is 21.1 Å². The zero-order chi connectivity index (χ0) is 16.8. The number of hydrogen-bond donors (Lipinski definition) is 2. The number of nitrogens with zero attached hydrogens (tertiary/aromatic N) is 2. The van der Waals surface area contributed by atoms with E-state index in [-0.39, 0.29) is 6.04 Å². The van der Waals surface area contributed by atoms with Crippen LogP contribution in [0.2, 0.25) is 10.0 Å². The van der Waals surface area contributed by atoms with Gasteiger partial charge in [-0.2, -0.15) is 0 Å². The van der Waals surface area contributed by atoms with Crippen LogP contribution in [0.4, 0.5) is 0 Å². The first-order valence-electron chi connectivity index (χ1n) is 7.33. The molecule has 1 heterocycles.